The van der Waals surface area contributed by atoms with Gasteiger partial charge in [0.2, 0.25) is 0 Å². The molecule has 0 aromatic rings. The van der Waals surface area contributed by atoms with Crippen LogP contribution in [0.2, 0.25) is 0 Å². The molecule has 0 amide bonds. The first-order valence-corrected chi connectivity index (χ1v) is 4.46. The molecular formula is C10H19. The van der Waals surface area contributed by atoms with Crippen LogP contribution in [0.25, 0.3) is 0 Å². The molecule has 0 spiro atoms. The van der Waals surface area contributed by atoms with Gasteiger partial charge in [-0.3, -0.25) is 0 Å². The molecule has 1 aliphatic rings. The summed E-state index contributed by atoms with van der Waals surface area (Å²) in [4.78, 5) is 0. The third-order valence-corrected chi connectivity index (χ3v) is 3.16. The molecule has 0 atom stereocenters. The SMILES string of the molecule is C[C](C)C1(C)CCCCC1. The maximum atomic E-state index is 2.42. The molecule has 0 aromatic carbocycles. The van der Waals surface area contributed by atoms with Crippen molar-refractivity contribution in [1.29, 1.82) is 0 Å². The predicted molar refractivity (Wildman–Crippen MR) is 45.8 cm³/mol. The van der Waals surface area contributed by atoms with Gasteiger partial charge in [-0.1, -0.05) is 40.0 Å². The van der Waals surface area contributed by atoms with Crippen molar-refractivity contribution < 1.29 is 0 Å². The molecule has 1 saturated carbocycles. The maximum Gasteiger partial charge on any atom is -0.0244 e. The van der Waals surface area contributed by atoms with E-state index in [1.165, 1.54) is 32.1 Å². The van der Waals surface area contributed by atoms with Crippen LogP contribution >= 0.6 is 0 Å². The largest absolute Gasteiger partial charge is 0.0591 e. The second kappa shape index (κ2) is 2.94. The van der Waals surface area contributed by atoms with E-state index in [9.17, 15) is 0 Å². The Morgan fingerprint density at radius 1 is 1.00 bits per heavy atom. The fourth-order valence-electron chi connectivity index (χ4n) is 1.83. The number of hydrogen-bond donors (Lipinski definition) is 0. The lowest BCUT2D eigenvalue weighted by Gasteiger charge is -2.36. The minimum atomic E-state index is 0.595. The minimum absolute atomic E-state index is 0.595. The zero-order valence-electron chi connectivity index (χ0n) is 7.54. The summed E-state index contributed by atoms with van der Waals surface area (Å²) in [7, 11) is 0. The van der Waals surface area contributed by atoms with E-state index in [1.807, 2.05) is 0 Å². The smallest absolute Gasteiger partial charge is 0.0244 e. The summed E-state index contributed by atoms with van der Waals surface area (Å²) in [6.07, 6.45) is 7.21. The minimum Gasteiger partial charge on any atom is -0.0591 e. The first-order valence-electron chi connectivity index (χ1n) is 4.46. The summed E-state index contributed by atoms with van der Waals surface area (Å²) in [6.45, 7) is 6.98. The zero-order chi connectivity index (χ0) is 7.61. The van der Waals surface area contributed by atoms with Crippen molar-refractivity contribution in [3.05, 3.63) is 5.92 Å². The van der Waals surface area contributed by atoms with Crippen molar-refractivity contribution in [1.82, 2.24) is 0 Å². The Bertz CT molecular complexity index is 96.6. The van der Waals surface area contributed by atoms with E-state index < -0.39 is 0 Å². The Morgan fingerprint density at radius 3 is 1.80 bits per heavy atom. The first-order chi connectivity index (χ1) is 4.65. The second-order valence-corrected chi connectivity index (χ2v) is 4.12. The van der Waals surface area contributed by atoms with E-state index in [0.29, 0.717) is 5.41 Å². The lowest BCUT2D eigenvalue weighted by atomic mass is 9.69. The van der Waals surface area contributed by atoms with Crippen molar-refractivity contribution in [3.8, 4) is 0 Å². The Balaban J connectivity index is 2.48. The number of hydrogen-bond acceptors (Lipinski definition) is 0. The highest BCUT2D eigenvalue weighted by Gasteiger charge is 2.29. The Kier molecular flexibility index (Phi) is 2.38. The standard InChI is InChI=1S/C10H19/c1-9(2)10(3)7-5-4-6-8-10/h4-8H2,1-3H3. The molecule has 10 heavy (non-hydrogen) atoms. The molecule has 1 radical (unpaired) electrons. The van der Waals surface area contributed by atoms with E-state index in [-0.39, 0.29) is 0 Å². The third-order valence-electron chi connectivity index (χ3n) is 3.16. The lowest BCUT2D eigenvalue weighted by Crippen LogP contribution is -2.24. The normalized spacial score (nSPS) is 25.2. The van der Waals surface area contributed by atoms with Crippen molar-refractivity contribution in [2.24, 2.45) is 5.41 Å². The van der Waals surface area contributed by atoms with E-state index in [2.05, 4.69) is 20.8 Å². The monoisotopic (exact) mass is 139 g/mol. The van der Waals surface area contributed by atoms with Gasteiger partial charge in [0.25, 0.3) is 0 Å². The van der Waals surface area contributed by atoms with Gasteiger partial charge in [0.15, 0.2) is 0 Å². The van der Waals surface area contributed by atoms with Crippen LogP contribution in [0.15, 0.2) is 0 Å². The molecule has 59 valence electrons. The first kappa shape index (κ1) is 8.10. The molecule has 0 unspecified atom stereocenters. The summed E-state index contributed by atoms with van der Waals surface area (Å²) < 4.78 is 0. The summed E-state index contributed by atoms with van der Waals surface area (Å²) in [6, 6.07) is 0. The van der Waals surface area contributed by atoms with Gasteiger partial charge in [-0.2, -0.15) is 0 Å². The van der Waals surface area contributed by atoms with Crippen LogP contribution < -0.4 is 0 Å². The fraction of sp³-hybridized carbons (Fsp3) is 0.900. The maximum absolute atomic E-state index is 2.42. The van der Waals surface area contributed by atoms with Gasteiger partial charge in [0.05, 0.1) is 0 Å². The van der Waals surface area contributed by atoms with Crippen LogP contribution in [0, 0.1) is 11.3 Å². The summed E-state index contributed by atoms with van der Waals surface area (Å²) in [5, 5.41) is 0. The molecule has 0 aliphatic heterocycles. The van der Waals surface area contributed by atoms with Crippen LogP contribution in [-0.2, 0) is 0 Å². The molecule has 1 fully saturated rings. The van der Waals surface area contributed by atoms with E-state index in [0.717, 1.165) is 0 Å². The summed E-state index contributed by atoms with van der Waals surface area (Å²) in [5.41, 5.74) is 0.595. The second-order valence-electron chi connectivity index (χ2n) is 4.12. The van der Waals surface area contributed by atoms with E-state index in [4.69, 9.17) is 0 Å². The quantitative estimate of drug-likeness (QED) is 0.521. The van der Waals surface area contributed by atoms with Gasteiger partial charge < -0.3 is 0 Å². The van der Waals surface area contributed by atoms with Gasteiger partial charge in [-0.05, 0) is 24.2 Å². The van der Waals surface area contributed by atoms with Crippen LogP contribution in [0.5, 0.6) is 0 Å². The molecule has 0 nitrogen and oxygen atoms in total. The number of rotatable bonds is 1. The molecule has 0 saturated heterocycles. The molecule has 0 N–H and O–H groups in total. The van der Waals surface area contributed by atoms with Crippen LogP contribution in [0.4, 0.5) is 0 Å². The topological polar surface area (TPSA) is 0 Å². The highest BCUT2D eigenvalue weighted by molar-refractivity contribution is 4.98. The molecule has 0 aromatic heterocycles. The van der Waals surface area contributed by atoms with Gasteiger partial charge in [0.1, 0.15) is 0 Å². The van der Waals surface area contributed by atoms with E-state index >= 15 is 0 Å². The lowest BCUT2D eigenvalue weighted by molar-refractivity contribution is 0.234. The Hall–Kier alpha value is 0. The van der Waals surface area contributed by atoms with Gasteiger partial charge >= 0.3 is 0 Å². The summed E-state index contributed by atoms with van der Waals surface area (Å²) in [5.74, 6) is 1.63. The van der Waals surface area contributed by atoms with Crippen LogP contribution in [0.3, 0.4) is 0 Å². The molecule has 0 heteroatoms. The highest BCUT2D eigenvalue weighted by Crippen LogP contribution is 2.42. The van der Waals surface area contributed by atoms with Crippen molar-refractivity contribution >= 4 is 0 Å². The predicted octanol–water partition coefficient (Wildman–Crippen LogP) is 3.57. The molecule has 0 bridgehead atoms. The average molecular weight is 139 g/mol. The highest BCUT2D eigenvalue weighted by atomic mass is 14.3. The zero-order valence-corrected chi connectivity index (χ0v) is 7.54. The van der Waals surface area contributed by atoms with Crippen LogP contribution in [-0.4, -0.2) is 0 Å². The van der Waals surface area contributed by atoms with E-state index in [1.54, 1.807) is 5.92 Å². The molecule has 1 rings (SSSR count). The summed E-state index contributed by atoms with van der Waals surface area (Å²) >= 11 is 0. The third kappa shape index (κ3) is 1.53. The Labute approximate surface area is 65.0 Å². The van der Waals surface area contributed by atoms with Crippen molar-refractivity contribution in [2.45, 2.75) is 52.9 Å². The van der Waals surface area contributed by atoms with Gasteiger partial charge in [-0.15, -0.1) is 0 Å². The van der Waals surface area contributed by atoms with Gasteiger partial charge in [-0.25, -0.2) is 0 Å². The van der Waals surface area contributed by atoms with Crippen LogP contribution in [0.1, 0.15) is 52.9 Å². The molecular weight excluding hydrogens is 120 g/mol. The Morgan fingerprint density at radius 2 is 1.50 bits per heavy atom. The fourth-order valence-corrected chi connectivity index (χ4v) is 1.83. The van der Waals surface area contributed by atoms with Crippen molar-refractivity contribution in [3.63, 3.8) is 0 Å². The van der Waals surface area contributed by atoms with Gasteiger partial charge in [0, 0.05) is 0 Å². The molecule has 0 heterocycles. The molecule has 1 aliphatic carbocycles. The average Bonchev–Trinajstić information content (AvgIpc) is 1.89. The van der Waals surface area contributed by atoms with Crippen molar-refractivity contribution in [2.75, 3.05) is 0 Å².